The summed E-state index contributed by atoms with van der Waals surface area (Å²) in [5.41, 5.74) is 1.24. The van der Waals surface area contributed by atoms with E-state index in [2.05, 4.69) is 6.92 Å². The lowest BCUT2D eigenvalue weighted by Crippen LogP contribution is -1.99. The van der Waals surface area contributed by atoms with Gasteiger partial charge in [0.15, 0.2) is 0 Å². The van der Waals surface area contributed by atoms with E-state index in [0.29, 0.717) is 5.92 Å². The van der Waals surface area contributed by atoms with Crippen molar-refractivity contribution in [2.24, 2.45) is 0 Å². The molecule has 1 rings (SSSR count). The van der Waals surface area contributed by atoms with Gasteiger partial charge in [-0.2, -0.15) is 0 Å². The zero-order valence-corrected chi connectivity index (χ0v) is 9.43. The zero-order valence-electron chi connectivity index (χ0n) is 9.43. The van der Waals surface area contributed by atoms with Crippen molar-refractivity contribution in [1.29, 1.82) is 0 Å². The first-order chi connectivity index (χ1) is 7.69. The number of nitrogens with zero attached hydrogens (tertiary/aromatic N) is 1. The second-order valence-electron chi connectivity index (χ2n) is 3.82. The molecule has 0 radical (unpaired) electrons. The molecule has 1 N–H and O–H groups in total. The summed E-state index contributed by atoms with van der Waals surface area (Å²) >= 11 is 0. The monoisotopic (exact) mass is 223 g/mol. The van der Waals surface area contributed by atoms with Crippen molar-refractivity contribution in [2.45, 2.75) is 32.1 Å². The third-order valence-electron chi connectivity index (χ3n) is 2.78. The summed E-state index contributed by atoms with van der Waals surface area (Å²) in [6.07, 6.45) is 2.68. The molecule has 4 nitrogen and oxygen atoms in total. The smallest absolute Gasteiger partial charge is 0.269 e. The van der Waals surface area contributed by atoms with Crippen molar-refractivity contribution < 1.29 is 10.0 Å². The van der Waals surface area contributed by atoms with Gasteiger partial charge in [0.1, 0.15) is 0 Å². The van der Waals surface area contributed by atoms with E-state index in [-0.39, 0.29) is 12.3 Å². The van der Waals surface area contributed by atoms with Gasteiger partial charge in [0, 0.05) is 18.7 Å². The first-order valence-electron chi connectivity index (χ1n) is 5.54. The number of hydrogen-bond donors (Lipinski definition) is 1. The maximum Gasteiger partial charge on any atom is 0.269 e. The Kier molecular flexibility index (Phi) is 4.92. The van der Waals surface area contributed by atoms with E-state index in [1.165, 1.54) is 12.1 Å². The predicted molar refractivity (Wildman–Crippen MR) is 62.4 cm³/mol. The molecule has 0 saturated carbocycles. The first-order valence-corrected chi connectivity index (χ1v) is 5.54. The van der Waals surface area contributed by atoms with Gasteiger partial charge < -0.3 is 5.11 Å². The predicted octanol–water partition coefficient (Wildman–Crippen LogP) is 2.86. The molecule has 0 spiro atoms. The standard InChI is InChI=1S/C12H17NO3/c1-2-10(4-3-9-14)11-5-7-12(8-6-11)13(15)16/h5-8,10,14H,2-4,9H2,1H3. The number of aliphatic hydroxyl groups excluding tert-OH is 1. The van der Waals surface area contributed by atoms with Crippen LogP contribution in [0.4, 0.5) is 5.69 Å². The Labute approximate surface area is 95.1 Å². The van der Waals surface area contributed by atoms with E-state index in [1.807, 2.05) is 12.1 Å². The molecule has 88 valence electrons. The van der Waals surface area contributed by atoms with Crippen LogP contribution in [-0.2, 0) is 0 Å². The second-order valence-corrected chi connectivity index (χ2v) is 3.82. The molecule has 1 aromatic carbocycles. The van der Waals surface area contributed by atoms with Crippen LogP contribution in [0.5, 0.6) is 0 Å². The van der Waals surface area contributed by atoms with E-state index < -0.39 is 4.92 Å². The summed E-state index contributed by atoms with van der Waals surface area (Å²) in [4.78, 5) is 10.1. The van der Waals surface area contributed by atoms with Crippen molar-refractivity contribution in [3.8, 4) is 0 Å². The summed E-state index contributed by atoms with van der Waals surface area (Å²) in [7, 11) is 0. The van der Waals surface area contributed by atoms with Crippen LogP contribution in [0.1, 0.15) is 37.7 Å². The second kappa shape index (κ2) is 6.23. The van der Waals surface area contributed by atoms with Gasteiger partial charge in [-0.25, -0.2) is 0 Å². The quantitative estimate of drug-likeness (QED) is 0.595. The summed E-state index contributed by atoms with van der Waals surface area (Å²) in [5.74, 6) is 0.382. The first kappa shape index (κ1) is 12.6. The van der Waals surface area contributed by atoms with Crippen LogP contribution in [0.2, 0.25) is 0 Å². The number of nitro benzene ring substituents is 1. The highest BCUT2D eigenvalue weighted by Gasteiger charge is 2.11. The average Bonchev–Trinajstić information content (AvgIpc) is 2.30. The summed E-state index contributed by atoms with van der Waals surface area (Å²) < 4.78 is 0. The molecule has 0 heterocycles. The minimum Gasteiger partial charge on any atom is -0.396 e. The third-order valence-corrected chi connectivity index (χ3v) is 2.78. The molecule has 1 unspecified atom stereocenters. The van der Waals surface area contributed by atoms with Crippen LogP contribution in [0.3, 0.4) is 0 Å². The molecule has 0 aliphatic heterocycles. The summed E-state index contributed by atoms with van der Waals surface area (Å²) in [5, 5.41) is 19.3. The van der Waals surface area contributed by atoms with Crippen molar-refractivity contribution in [1.82, 2.24) is 0 Å². The molecule has 0 saturated heterocycles. The normalized spacial score (nSPS) is 12.4. The molecular weight excluding hydrogens is 206 g/mol. The molecule has 4 heteroatoms. The van der Waals surface area contributed by atoms with E-state index >= 15 is 0 Å². The number of nitro groups is 1. The Hall–Kier alpha value is -1.42. The van der Waals surface area contributed by atoms with Crippen molar-refractivity contribution in [3.05, 3.63) is 39.9 Å². The summed E-state index contributed by atoms with van der Waals surface area (Å²) in [6.45, 7) is 2.28. The molecule has 1 aromatic rings. The molecule has 0 aliphatic rings. The highest BCUT2D eigenvalue weighted by molar-refractivity contribution is 5.34. The lowest BCUT2D eigenvalue weighted by atomic mass is 9.92. The fourth-order valence-electron chi connectivity index (χ4n) is 1.81. The third kappa shape index (κ3) is 3.31. The van der Waals surface area contributed by atoms with Gasteiger partial charge in [0.25, 0.3) is 5.69 Å². The minimum absolute atomic E-state index is 0.126. The highest BCUT2D eigenvalue weighted by Crippen LogP contribution is 2.26. The van der Waals surface area contributed by atoms with Crippen LogP contribution in [0, 0.1) is 10.1 Å². The number of hydrogen-bond acceptors (Lipinski definition) is 3. The number of non-ortho nitro benzene ring substituents is 1. The lowest BCUT2D eigenvalue weighted by Gasteiger charge is -2.14. The Balaban J connectivity index is 2.74. The van der Waals surface area contributed by atoms with Crippen molar-refractivity contribution >= 4 is 5.69 Å². The van der Waals surface area contributed by atoms with Gasteiger partial charge in [-0.15, -0.1) is 0 Å². The Morgan fingerprint density at radius 1 is 1.38 bits per heavy atom. The van der Waals surface area contributed by atoms with E-state index in [9.17, 15) is 10.1 Å². The molecule has 0 bridgehead atoms. The van der Waals surface area contributed by atoms with E-state index in [1.54, 1.807) is 0 Å². The van der Waals surface area contributed by atoms with Crippen molar-refractivity contribution in [3.63, 3.8) is 0 Å². The van der Waals surface area contributed by atoms with Gasteiger partial charge in [-0.1, -0.05) is 19.1 Å². The minimum atomic E-state index is -0.390. The fraction of sp³-hybridized carbons (Fsp3) is 0.500. The van der Waals surface area contributed by atoms with Crippen LogP contribution < -0.4 is 0 Å². The topological polar surface area (TPSA) is 63.4 Å². The Morgan fingerprint density at radius 2 is 2.00 bits per heavy atom. The van der Waals surface area contributed by atoms with Crippen LogP contribution in [0.25, 0.3) is 0 Å². The van der Waals surface area contributed by atoms with Crippen LogP contribution in [-0.4, -0.2) is 16.6 Å². The number of aliphatic hydroxyl groups is 1. The van der Waals surface area contributed by atoms with Gasteiger partial charge in [0.2, 0.25) is 0 Å². The SMILES string of the molecule is CCC(CCCO)c1ccc([N+](=O)[O-])cc1. The molecule has 1 atom stereocenters. The van der Waals surface area contributed by atoms with Gasteiger partial charge in [-0.05, 0) is 30.7 Å². The molecule has 16 heavy (non-hydrogen) atoms. The maximum atomic E-state index is 10.5. The zero-order chi connectivity index (χ0) is 12.0. The highest BCUT2D eigenvalue weighted by atomic mass is 16.6. The average molecular weight is 223 g/mol. The Morgan fingerprint density at radius 3 is 2.44 bits per heavy atom. The molecule has 0 aromatic heterocycles. The fourth-order valence-corrected chi connectivity index (χ4v) is 1.81. The maximum absolute atomic E-state index is 10.5. The van der Waals surface area contributed by atoms with Gasteiger partial charge >= 0.3 is 0 Å². The lowest BCUT2D eigenvalue weighted by molar-refractivity contribution is -0.384. The molecule has 0 aliphatic carbocycles. The summed E-state index contributed by atoms with van der Waals surface area (Å²) in [6, 6.07) is 6.70. The molecule has 0 fully saturated rings. The number of benzene rings is 1. The van der Waals surface area contributed by atoms with Crippen LogP contribution in [0.15, 0.2) is 24.3 Å². The van der Waals surface area contributed by atoms with Gasteiger partial charge in [0.05, 0.1) is 4.92 Å². The van der Waals surface area contributed by atoms with Crippen LogP contribution >= 0.6 is 0 Å². The number of rotatable bonds is 6. The largest absolute Gasteiger partial charge is 0.396 e. The van der Waals surface area contributed by atoms with E-state index in [0.717, 1.165) is 24.8 Å². The Bertz CT molecular complexity index is 335. The molecule has 0 amide bonds. The van der Waals surface area contributed by atoms with E-state index in [4.69, 9.17) is 5.11 Å². The van der Waals surface area contributed by atoms with Gasteiger partial charge in [-0.3, -0.25) is 10.1 Å². The van der Waals surface area contributed by atoms with Crippen molar-refractivity contribution in [2.75, 3.05) is 6.61 Å². The molecular formula is C12H17NO3.